The molecule has 1 unspecified atom stereocenters. The highest BCUT2D eigenvalue weighted by molar-refractivity contribution is 9.09. The second kappa shape index (κ2) is 5.68. The lowest BCUT2D eigenvalue weighted by molar-refractivity contribution is 0.456. The molecule has 3 rings (SSSR count). The van der Waals surface area contributed by atoms with Crippen LogP contribution < -0.4 is 4.90 Å². The Bertz CT molecular complexity index is 587. The summed E-state index contributed by atoms with van der Waals surface area (Å²) in [7, 11) is 0. The number of piperidine rings is 1. The third-order valence-corrected chi connectivity index (χ3v) is 4.91. The van der Waals surface area contributed by atoms with Crippen molar-refractivity contribution in [2.75, 3.05) is 23.3 Å². The van der Waals surface area contributed by atoms with Gasteiger partial charge in [-0.05, 0) is 43.0 Å². The number of anilines is 1. The van der Waals surface area contributed by atoms with E-state index >= 15 is 0 Å². The summed E-state index contributed by atoms with van der Waals surface area (Å²) in [5, 5.41) is 3.02. The van der Waals surface area contributed by atoms with Crippen molar-refractivity contribution in [3.63, 3.8) is 0 Å². The summed E-state index contributed by atoms with van der Waals surface area (Å²) in [6.07, 6.45) is 4.45. The normalized spacial score (nSPS) is 19.9. The van der Waals surface area contributed by atoms with Crippen LogP contribution in [0.25, 0.3) is 10.9 Å². The van der Waals surface area contributed by atoms with Crippen molar-refractivity contribution in [2.24, 2.45) is 5.92 Å². The minimum absolute atomic E-state index is 0.740. The first-order valence-corrected chi connectivity index (χ1v) is 8.13. The molecule has 0 N–H and O–H groups in total. The van der Waals surface area contributed by atoms with E-state index in [-0.39, 0.29) is 0 Å². The van der Waals surface area contributed by atoms with Crippen LogP contribution in [0.5, 0.6) is 0 Å². The Kier molecular flexibility index (Phi) is 3.94. The van der Waals surface area contributed by atoms with E-state index in [0.29, 0.717) is 0 Å². The molecule has 1 aliphatic rings. The van der Waals surface area contributed by atoms with Gasteiger partial charge in [-0.2, -0.15) is 0 Å². The van der Waals surface area contributed by atoms with Gasteiger partial charge >= 0.3 is 0 Å². The minimum atomic E-state index is 0.740. The standard InChI is InChI=1S/C15H16BrClN2/c16-9-11-2-1-7-19(10-11)15-5-6-18-14-8-12(17)3-4-13(14)15/h3-6,8,11H,1-2,7,9-10H2. The Morgan fingerprint density at radius 2 is 2.26 bits per heavy atom. The molecule has 1 atom stereocenters. The van der Waals surface area contributed by atoms with Crippen molar-refractivity contribution in [3.05, 3.63) is 35.5 Å². The molecule has 19 heavy (non-hydrogen) atoms. The molecule has 1 fully saturated rings. The van der Waals surface area contributed by atoms with Gasteiger partial charge < -0.3 is 4.90 Å². The van der Waals surface area contributed by atoms with E-state index in [1.165, 1.54) is 23.9 Å². The topological polar surface area (TPSA) is 16.1 Å². The first-order chi connectivity index (χ1) is 9.28. The summed E-state index contributed by atoms with van der Waals surface area (Å²) < 4.78 is 0. The molecule has 0 radical (unpaired) electrons. The molecule has 2 aromatic rings. The van der Waals surface area contributed by atoms with Crippen molar-refractivity contribution in [3.8, 4) is 0 Å². The molecular weight excluding hydrogens is 324 g/mol. The fraction of sp³-hybridized carbons (Fsp3) is 0.400. The molecule has 0 bridgehead atoms. The highest BCUT2D eigenvalue weighted by atomic mass is 79.9. The molecule has 1 aliphatic heterocycles. The second-order valence-corrected chi connectivity index (χ2v) is 6.18. The van der Waals surface area contributed by atoms with Crippen LogP contribution in [0.15, 0.2) is 30.5 Å². The predicted octanol–water partition coefficient (Wildman–Crippen LogP) is 4.50. The highest BCUT2D eigenvalue weighted by Crippen LogP contribution is 2.30. The summed E-state index contributed by atoms with van der Waals surface area (Å²) >= 11 is 9.66. The zero-order chi connectivity index (χ0) is 13.2. The highest BCUT2D eigenvalue weighted by Gasteiger charge is 2.20. The SMILES string of the molecule is Clc1ccc2c(N3CCCC(CBr)C3)ccnc2c1. The van der Waals surface area contributed by atoms with Gasteiger partial charge in [-0.1, -0.05) is 27.5 Å². The maximum absolute atomic E-state index is 6.04. The monoisotopic (exact) mass is 338 g/mol. The molecule has 0 spiro atoms. The van der Waals surface area contributed by atoms with Gasteiger partial charge in [0.25, 0.3) is 0 Å². The van der Waals surface area contributed by atoms with Gasteiger partial charge in [-0.25, -0.2) is 0 Å². The third kappa shape index (κ3) is 2.72. The maximum atomic E-state index is 6.04. The van der Waals surface area contributed by atoms with E-state index in [4.69, 9.17) is 11.6 Å². The summed E-state index contributed by atoms with van der Waals surface area (Å²) in [5.74, 6) is 0.740. The summed E-state index contributed by atoms with van der Waals surface area (Å²) in [5.41, 5.74) is 2.26. The molecule has 1 aromatic heterocycles. The van der Waals surface area contributed by atoms with Crippen LogP contribution in [-0.2, 0) is 0 Å². The zero-order valence-electron chi connectivity index (χ0n) is 10.6. The second-order valence-electron chi connectivity index (χ2n) is 5.10. The first-order valence-electron chi connectivity index (χ1n) is 6.63. The molecule has 1 aromatic carbocycles. The number of benzene rings is 1. The molecule has 4 heteroatoms. The zero-order valence-corrected chi connectivity index (χ0v) is 13.0. The van der Waals surface area contributed by atoms with Crippen LogP contribution in [0, 0.1) is 5.92 Å². The van der Waals surface area contributed by atoms with E-state index in [1.807, 2.05) is 18.3 Å². The molecule has 100 valence electrons. The fourth-order valence-corrected chi connectivity index (χ4v) is 3.49. The number of rotatable bonds is 2. The lowest BCUT2D eigenvalue weighted by Gasteiger charge is -2.34. The van der Waals surface area contributed by atoms with Gasteiger partial charge in [0.1, 0.15) is 0 Å². The molecule has 0 saturated carbocycles. The van der Waals surface area contributed by atoms with Gasteiger partial charge in [-0.15, -0.1) is 0 Å². The predicted molar refractivity (Wildman–Crippen MR) is 85.5 cm³/mol. The Balaban J connectivity index is 2.00. The minimum Gasteiger partial charge on any atom is -0.371 e. The molecular formula is C15H16BrClN2. The van der Waals surface area contributed by atoms with Crippen LogP contribution in [0.4, 0.5) is 5.69 Å². The summed E-state index contributed by atoms with van der Waals surface area (Å²) in [4.78, 5) is 6.90. The van der Waals surface area contributed by atoms with E-state index in [0.717, 1.165) is 34.9 Å². The number of pyridine rings is 1. The largest absolute Gasteiger partial charge is 0.371 e. The first kappa shape index (κ1) is 13.2. The van der Waals surface area contributed by atoms with Crippen molar-refractivity contribution >= 4 is 44.1 Å². The van der Waals surface area contributed by atoms with Crippen molar-refractivity contribution in [1.29, 1.82) is 0 Å². The molecule has 1 saturated heterocycles. The molecule has 0 amide bonds. The number of aromatic nitrogens is 1. The van der Waals surface area contributed by atoms with Gasteiger partial charge in [-0.3, -0.25) is 4.98 Å². The Hall–Kier alpha value is -0.800. The van der Waals surface area contributed by atoms with Gasteiger partial charge in [0.05, 0.1) is 5.52 Å². The molecule has 2 nitrogen and oxygen atoms in total. The summed E-state index contributed by atoms with van der Waals surface area (Å²) in [6.45, 7) is 2.25. The molecule has 0 aliphatic carbocycles. The average Bonchev–Trinajstić information content (AvgIpc) is 2.46. The van der Waals surface area contributed by atoms with Crippen LogP contribution >= 0.6 is 27.5 Å². The van der Waals surface area contributed by atoms with Crippen molar-refractivity contribution < 1.29 is 0 Å². The maximum Gasteiger partial charge on any atom is 0.0737 e. The van der Waals surface area contributed by atoms with Crippen LogP contribution in [-0.4, -0.2) is 23.4 Å². The molecule has 2 heterocycles. The fourth-order valence-electron chi connectivity index (χ4n) is 2.79. The van der Waals surface area contributed by atoms with E-state index in [1.54, 1.807) is 0 Å². The van der Waals surface area contributed by atoms with Gasteiger partial charge in [0, 0.05) is 40.7 Å². The Morgan fingerprint density at radius 1 is 1.37 bits per heavy atom. The number of nitrogens with zero attached hydrogens (tertiary/aromatic N) is 2. The average molecular weight is 340 g/mol. The van der Waals surface area contributed by atoms with Crippen molar-refractivity contribution in [1.82, 2.24) is 4.98 Å². The lowest BCUT2D eigenvalue weighted by atomic mass is 9.99. The third-order valence-electron chi connectivity index (χ3n) is 3.76. The van der Waals surface area contributed by atoms with Gasteiger partial charge in [0.2, 0.25) is 0 Å². The Morgan fingerprint density at radius 3 is 3.11 bits per heavy atom. The van der Waals surface area contributed by atoms with Crippen LogP contribution in [0.1, 0.15) is 12.8 Å². The quantitative estimate of drug-likeness (QED) is 0.749. The lowest BCUT2D eigenvalue weighted by Crippen LogP contribution is -2.36. The summed E-state index contributed by atoms with van der Waals surface area (Å²) in [6, 6.07) is 8.08. The van der Waals surface area contributed by atoms with E-state index in [9.17, 15) is 0 Å². The Labute approximate surface area is 126 Å². The van der Waals surface area contributed by atoms with Crippen LogP contribution in [0.3, 0.4) is 0 Å². The van der Waals surface area contributed by atoms with Crippen LogP contribution in [0.2, 0.25) is 5.02 Å². The smallest absolute Gasteiger partial charge is 0.0737 e. The van der Waals surface area contributed by atoms with E-state index in [2.05, 4.69) is 37.9 Å². The number of fused-ring (bicyclic) bond motifs is 1. The van der Waals surface area contributed by atoms with Crippen molar-refractivity contribution in [2.45, 2.75) is 12.8 Å². The number of hydrogen-bond acceptors (Lipinski definition) is 2. The number of alkyl halides is 1. The number of hydrogen-bond donors (Lipinski definition) is 0. The van der Waals surface area contributed by atoms with Gasteiger partial charge in [0.15, 0.2) is 0 Å². The van der Waals surface area contributed by atoms with E-state index < -0.39 is 0 Å². The number of halogens is 2.